The lowest BCUT2D eigenvalue weighted by atomic mass is 9.83. The van der Waals surface area contributed by atoms with E-state index in [1.807, 2.05) is 10.6 Å². The zero-order valence-electron chi connectivity index (χ0n) is 13.1. The lowest BCUT2D eigenvalue weighted by Gasteiger charge is -2.37. The lowest BCUT2D eigenvalue weighted by molar-refractivity contribution is 0.257. The Kier molecular flexibility index (Phi) is 2.99. The first-order valence-corrected chi connectivity index (χ1v) is 8.30. The van der Waals surface area contributed by atoms with Crippen LogP contribution >= 0.6 is 0 Å². The van der Waals surface area contributed by atoms with Crippen molar-refractivity contribution in [3.8, 4) is 11.1 Å². The highest BCUT2D eigenvalue weighted by Gasteiger charge is 2.31. The van der Waals surface area contributed by atoms with Crippen LogP contribution in [-0.2, 0) is 6.54 Å². The molecular formula is C18H17N5O. The Morgan fingerprint density at radius 2 is 1.96 bits per heavy atom. The molecule has 5 rings (SSSR count). The van der Waals surface area contributed by atoms with Gasteiger partial charge in [-0.3, -0.25) is 9.78 Å². The van der Waals surface area contributed by atoms with Gasteiger partial charge in [-0.2, -0.15) is 0 Å². The van der Waals surface area contributed by atoms with Gasteiger partial charge in [0.15, 0.2) is 5.65 Å². The van der Waals surface area contributed by atoms with Crippen LogP contribution in [0.1, 0.15) is 18.0 Å². The molecule has 1 fully saturated rings. The van der Waals surface area contributed by atoms with Gasteiger partial charge in [0.1, 0.15) is 5.52 Å². The minimum absolute atomic E-state index is 0.0818. The standard InChI is InChI=1S/C18H17N5O/c24-17-6-12(13-4-15-18(22-9-13)21-2-1-20-15)5-16-14-3-11(7-19-8-14)10-23(16)17/h1-2,4-6,9,11,14,19H,3,7-8,10H2/t11-,14+/m0/s1. The van der Waals surface area contributed by atoms with Gasteiger partial charge in [-0.1, -0.05) is 0 Å². The van der Waals surface area contributed by atoms with Crippen molar-refractivity contribution in [2.75, 3.05) is 13.1 Å². The molecule has 0 unspecified atom stereocenters. The molecule has 0 radical (unpaired) electrons. The second-order valence-corrected chi connectivity index (χ2v) is 6.70. The number of fused-ring (bicyclic) bond motifs is 5. The third kappa shape index (κ3) is 2.14. The Morgan fingerprint density at radius 1 is 1.04 bits per heavy atom. The molecule has 0 spiro atoms. The summed E-state index contributed by atoms with van der Waals surface area (Å²) in [6.07, 6.45) is 6.22. The smallest absolute Gasteiger partial charge is 0.251 e. The normalized spacial score (nSPS) is 22.3. The number of hydrogen-bond acceptors (Lipinski definition) is 5. The van der Waals surface area contributed by atoms with Gasteiger partial charge < -0.3 is 9.88 Å². The van der Waals surface area contributed by atoms with Gasteiger partial charge in [0.25, 0.3) is 5.56 Å². The number of aromatic nitrogens is 4. The van der Waals surface area contributed by atoms with E-state index >= 15 is 0 Å². The van der Waals surface area contributed by atoms with Gasteiger partial charge in [-0.15, -0.1) is 0 Å². The maximum atomic E-state index is 12.6. The first-order chi connectivity index (χ1) is 11.8. The monoisotopic (exact) mass is 319 g/mol. The first kappa shape index (κ1) is 13.8. The van der Waals surface area contributed by atoms with E-state index in [2.05, 4.69) is 26.3 Å². The minimum Gasteiger partial charge on any atom is -0.316 e. The molecule has 0 aromatic carbocycles. The Balaban J connectivity index is 1.66. The SMILES string of the molecule is O=c1cc(-c2cnc3nccnc3c2)cc2n1C[C@@H]1CNC[C@H]2C1. The van der Waals surface area contributed by atoms with Crippen molar-refractivity contribution >= 4 is 11.2 Å². The third-order valence-electron chi connectivity index (χ3n) is 5.12. The summed E-state index contributed by atoms with van der Waals surface area (Å²) in [5, 5.41) is 3.48. The maximum absolute atomic E-state index is 12.6. The molecule has 1 saturated heterocycles. The van der Waals surface area contributed by atoms with Gasteiger partial charge >= 0.3 is 0 Å². The molecule has 6 nitrogen and oxygen atoms in total. The van der Waals surface area contributed by atoms with Crippen LogP contribution in [0.15, 0.2) is 41.6 Å². The summed E-state index contributed by atoms with van der Waals surface area (Å²) < 4.78 is 1.96. The predicted molar refractivity (Wildman–Crippen MR) is 90.7 cm³/mol. The van der Waals surface area contributed by atoms with Crippen LogP contribution in [0, 0.1) is 5.92 Å². The molecule has 0 aliphatic carbocycles. The average Bonchev–Trinajstić information content (AvgIpc) is 2.62. The molecule has 6 heteroatoms. The van der Waals surface area contributed by atoms with Crippen molar-refractivity contribution in [2.45, 2.75) is 18.9 Å². The topological polar surface area (TPSA) is 72.7 Å². The van der Waals surface area contributed by atoms with Gasteiger partial charge in [0.2, 0.25) is 0 Å². The molecular weight excluding hydrogens is 302 g/mol. The molecule has 3 aromatic heterocycles. The van der Waals surface area contributed by atoms with Gasteiger partial charge in [-0.25, -0.2) is 9.97 Å². The Labute approximate surface area is 138 Å². The third-order valence-corrected chi connectivity index (χ3v) is 5.12. The summed E-state index contributed by atoms with van der Waals surface area (Å²) in [6.45, 7) is 2.78. The van der Waals surface area contributed by atoms with Gasteiger partial charge in [0.05, 0.1) is 0 Å². The number of hydrogen-bond donors (Lipinski definition) is 1. The van der Waals surface area contributed by atoms with Crippen molar-refractivity contribution in [1.29, 1.82) is 0 Å². The van der Waals surface area contributed by atoms with E-state index in [1.165, 1.54) is 0 Å². The van der Waals surface area contributed by atoms with Crippen LogP contribution in [0.25, 0.3) is 22.3 Å². The van der Waals surface area contributed by atoms with Crippen LogP contribution in [0.2, 0.25) is 0 Å². The second kappa shape index (κ2) is 5.21. The largest absolute Gasteiger partial charge is 0.316 e. The molecule has 5 heterocycles. The Morgan fingerprint density at radius 3 is 2.92 bits per heavy atom. The fraction of sp³-hybridized carbons (Fsp3) is 0.333. The number of nitrogens with zero attached hydrogens (tertiary/aromatic N) is 4. The summed E-state index contributed by atoms with van der Waals surface area (Å²) in [5.41, 5.74) is 4.41. The van der Waals surface area contributed by atoms with E-state index in [9.17, 15) is 4.79 Å². The van der Waals surface area contributed by atoms with E-state index in [0.717, 1.165) is 48.4 Å². The summed E-state index contributed by atoms with van der Waals surface area (Å²) >= 11 is 0. The summed E-state index contributed by atoms with van der Waals surface area (Å²) in [6, 6.07) is 5.82. The van der Waals surface area contributed by atoms with E-state index in [4.69, 9.17) is 0 Å². The van der Waals surface area contributed by atoms with E-state index in [0.29, 0.717) is 17.5 Å². The van der Waals surface area contributed by atoms with E-state index in [1.54, 1.807) is 24.7 Å². The highest BCUT2D eigenvalue weighted by molar-refractivity contribution is 5.77. The molecule has 120 valence electrons. The van der Waals surface area contributed by atoms with E-state index in [-0.39, 0.29) is 5.56 Å². The fourth-order valence-corrected chi connectivity index (χ4v) is 3.99. The predicted octanol–water partition coefficient (Wildman–Crippen LogP) is 1.56. The summed E-state index contributed by atoms with van der Waals surface area (Å²) in [4.78, 5) is 25.5. The molecule has 2 aliphatic heterocycles. The van der Waals surface area contributed by atoms with Crippen molar-refractivity contribution in [3.05, 3.63) is 52.8 Å². The first-order valence-electron chi connectivity index (χ1n) is 8.30. The number of nitrogens with one attached hydrogen (secondary N) is 1. The quantitative estimate of drug-likeness (QED) is 0.737. The average molecular weight is 319 g/mol. The van der Waals surface area contributed by atoms with Crippen LogP contribution in [0.5, 0.6) is 0 Å². The Hall–Kier alpha value is -2.60. The highest BCUT2D eigenvalue weighted by Crippen LogP contribution is 2.33. The zero-order chi connectivity index (χ0) is 16.1. The fourth-order valence-electron chi connectivity index (χ4n) is 3.99. The van der Waals surface area contributed by atoms with Crippen LogP contribution < -0.4 is 10.9 Å². The molecule has 24 heavy (non-hydrogen) atoms. The van der Waals surface area contributed by atoms with E-state index < -0.39 is 0 Å². The van der Waals surface area contributed by atoms with Crippen molar-refractivity contribution in [1.82, 2.24) is 24.8 Å². The van der Waals surface area contributed by atoms with Crippen molar-refractivity contribution < 1.29 is 0 Å². The number of piperidine rings is 1. The molecule has 0 saturated carbocycles. The highest BCUT2D eigenvalue weighted by atomic mass is 16.1. The molecule has 1 N–H and O–H groups in total. The summed E-state index contributed by atoms with van der Waals surface area (Å²) in [5.74, 6) is 0.982. The van der Waals surface area contributed by atoms with Crippen LogP contribution in [-0.4, -0.2) is 32.6 Å². The number of rotatable bonds is 1. The van der Waals surface area contributed by atoms with Gasteiger partial charge in [0, 0.05) is 54.9 Å². The molecule has 2 atom stereocenters. The zero-order valence-corrected chi connectivity index (χ0v) is 13.1. The lowest BCUT2D eigenvalue weighted by Crippen LogP contribution is -2.44. The van der Waals surface area contributed by atoms with Crippen LogP contribution in [0.3, 0.4) is 0 Å². The molecule has 2 aliphatic rings. The van der Waals surface area contributed by atoms with Crippen molar-refractivity contribution in [3.63, 3.8) is 0 Å². The molecule has 0 amide bonds. The number of pyridine rings is 2. The molecule has 3 aromatic rings. The minimum atomic E-state index is 0.0818. The second-order valence-electron chi connectivity index (χ2n) is 6.70. The summed E-state index contributed by atoms with van der Waals surface area (Å²) in [7, 11) is 0. The van der Waals surface area contributed by atoms with Gasteiger partial charge in [-0.05, 0) is 36.6 Å². The van der Waals surface area contributed by atoms with Crippen molar-refractivity contribution in [2.24, 2.45) is 5.92 Å². The Bertz CT molecular complexity index is 996. The maximum Gasteiger partial charge on any atom is 0.251 e. The van der Waals surface area contributed by atoms with Crippen LogP contribution in [0.4, 0.5) is 0 Å². The molecule has 2 bridgehead atoms.